The summed E-state index contributed by atoms with van der Waals surface area (Å²) >= 11 is 1.83. The number of hydrogen-bond acceptors (Lipinski definition) is 4. The number of carbonyl (C=O) groups is 2. The maximum Gasteiger partial charge on any atom is 0.328 e. The molecule has 19 heavy (non-hydrogen) atoms. The van der Waals surface area contributed by atoms with Crippen LogP contribution in [0.25, 0.3) is 0 Å². The van der Waals surface area contributed by atoms with Crippen LogP contribution in [0.3, 0.4) is 0 Å². The van der Waals surface area contributed by atoms with Crippen LogP contribution in [0.2, 0.25) is 0 Å². The van der Waals surface area contributed by atoms with Crippen LogP contribution in [-0.4, -0.2) is 65.4 Å². The van der Waals surface area contributed by atoms with Gasteiger partial charge in [0.1, 0.15) is 0 Å². The number of thioether (sulfide) groups is 1. The van der Waals surface area contributed by atoms with Crippen molar-refractivity contribution in [2.75, 3.05) is 26.0 Å². The van der Waals surface area contributed by atoms with Crippen LogP contribution in [0.1, 0.15) is 19.3 Å². The predicted molar refractivity (Wildman–Crippen MR) is 72.4 cm³/mol. The highest BCUT2D eigenvalue weighted by molar-refractivity contribution is 7.99. The number of amides is 2. The Balaban J connectivity index is 1.89. The van der Waals surface area contributed by atoms with Crippen molar-refractivity contribution in [1.82, 2.24) is 10.2 Å². The maximum absolute atomic E-state index is 12.2. The lowest BCUT2D eigenvalue weighted by atomic mass is 10.2. The Hall–Kier alpha value is -0.950. The Morgan fingerprint density at radius 1 is 1.42 bits per heavy atom. The van der Waals surface area contributed by atoms with Gasteiger partial charge in [-0.2, -0.15) is 11.8 Å². The van der Waals surface area contributed by atoms with Crippen molar-refractivity contribution in [2.45, 2.75) is 36.6 Å². The number of carboxylic acid groups (broad SMARTS) is 1. The molecule has 2 amide bonds. The molecule has 6 nitrogen and oxygen atoms in total. The lowest BCUT2D eigenvalue weighted by Gasteiger charge is -2.33. The first-order valence-electron chi connectivity index (χ1n) is 6.52. The van der Waals surface area contributed by atoms with Gasteiger partial charge in [0.2, 0.25) is 0 Å². The van der Waals surface area contributed by atoms with Gasteiger partial charge in [-0.15, -0.1) is 0 Å². The summed E-state index contributed by atoms with van der Waals surface area (Å²) in [7, 11) is 0. The summed E-state index contributed by atoms with van der Waals surface area (Å²) in [4.78, 5) is 24.6. The molecule has 3 unspecified atom stereocenters. The Kier molecular flexibility index (Phi) is 4.93. The third-order valence-corrected chi connectivity index (χ3v) is 4.81. The minimum atomic E-state index is -1.01. The molecule has 1 saturated heterocycles. The summed E-state index contributed by atoms with van der Waals surface area (Å²) in [6, 6.07) is -0.976. The van der Waals surface area contributed by atoms with Gasteiger partial charge in [0, 0.05) is 17.8 Å². The molecule has 1 aliphatic heterocycles. The summed E-state index contributed by atoms with van der Waals surface area (Å²) < 4.78 is 5.12. The van der Waals surface area contributed by atoms with E-state index in [1.165, 1.54) is 4.90 Å². The molecule has 0 bridgehead atoms. The van der Waals surface area contributed by atoms with E-state index in [2.05, 4.69) is 11.6 Å². The normalized spacial score (nSPS) is 31.2. The molecule has 2 rings (SSSR count). The second-order valence-electron chi connectivity index (χ2n) is 4.94. The van der Waals surface area contributed by atoms with Crippen molar-refractivity contribution in [3.05, 3.63) is 0 Å². The predicted octanol–water partition coefficient (Wildman–Crippen LogP) is 0.765. The molecule has 3 atom stereocenters. The minimum Gasteiger partial charge on any atom is -0.480 e. The van der Waals surface area contributed by atoms with E-state index in [1.807, 2.05) is 11.8 Å². The summed E-state index contributed by atoms with van der Waals surface area (Å²) in [5.74, 6) is -1.01. The molecule has 2 aliphatic rings. The van der Waals surface area contributed by atoms with Crippen molar-refractivity contribution in [3.63, 3.8) is 0 Å². The lowest BCUT2D eigenvalue weighted by Crippen LogP contribution is -2.56. The van der Waals surface area contributed by atoms with Crippen molar-refractivity contribution in [3.8, 4) is 0 Å². The molecule has 1 saturated carbocycles. The molecule has 1 aliphatic carbocycles. The molecular formula is C12H20N2O4S. The fourth-order valence-corrected chi connectivity index (χ4v) is 3.39. The fourth-order valence-electron chi connectivity index (χ4n) is 2.59. The van der Waals surface area contributed by atoms with Crippen LogP contribution in [0.4, 0.5) is 4.79 Å². The third-order valence-electron chi connectivity index (χ3n) is 3.72. The molecular weight excluding hydrogens is 268 g/mol. The Morgan fingerprint density at radius 3 is 2.84 bits per heavy atom. The van der Waals surface area contributed by atoms with E-state index in [-0.39, 0.29) is 18.7 Å². The van der Waals surface area contributed by atoms with E-state index in [4.69, 9.17) is 9.84 Å². The summed E-state index contributed by atoms with van der Waals surface area (Å²) in [6.45, 7) is 0.803. The average Bonchev–Trinajstić information content (AvgIpc) is 2.86. The molecule has 0 spiro atoms. The number of ether oxygens (including phenoxy) is 1. The zero-order chi connectivity index (χ0) is 13.8. The van der Waals surface area contributed by atoms with Crippen molar-refractivity contribution in [2.24, 2.45) is 0 Å². The van der Waals surface area contributed by atoms with E-state index in [9.17, 15) is 9.59 Å². The molecule has 0 radical (unpaired) electrons. The average molecular weight is 288 g/mol. The quantitative estimate of drug-likeness (QED) is 0.802. The van der Waals surface area contributed by atoms with Crippen LogP contribution in [0, 0.1) is 0 Å². The number of carboxylic acids is 1. The smallest absolute Gasteiger partial charge is 0.328 e. The van der Waals surface area contributed by atoms with Gasteiger partial charge in [0.15, 0.2) is 6.04 Å². The summed E-state index contributed by atoms with van der Waals surface area (Å²) in [5, 5.41) is 12.6. The van der Waals surface area contributed by atoms with Crippen LogP contribution in [-0.2, 0) is 9.53 Å². The number of nitrogens with one attached hydrogen (secondary N) is 1. The Morgan fingerprint density at radius 2 is 2.21 bits per heavy atom. The van der Waals surface area contributed by atoms with Gasteiger partial charge in [0.05, 0.1) is 13.2 Å². The SMILES string of the molecule is CSC1CCC(NC(=O)N2CCOCC2C(=O)O)C1. The molecule has 0 aromatic carbocycles. The van der Waals surface area contributed by atoms with Gasteiger partial charge in [-0.05, 0) is 25.5 Å². The van der Waals surface area contributed by atoms with Gasteiger partial charge in [-0.1, -0.05) is 0 Å². The van der Waals surface area contributed by atoms with Crippen LogP contribution in [0.5, 0.6) is 0 Å². The summed E-state index contributed by atoms with van der Waals surface area (Å²) in [5.41, 5.74) is 0. The first-order chi connectivity index (χ1) is 9.11. The van der Waals surface area contributed by atoms with Gasteiger partial charge in [-0.3, -0.25) is 0 Å². The topological polar surface area (TPSA) is 78.9 Å². The minimum absolute atomic E-state index is 0.0703. The standard InChI is InChI=1S/C12H20N2O4S/c1-19-9-3-2-8(6-9)13-12(17)14-4-5-18-7-10(14)11(15)16/h8-10H,2-7H2,1H3,(H,13,17)(H,15,16). The number of hydrogen-bond donors (Lipinski definition) is 2. The second-order valence-corrected chi connectivity index (χ2v) is 6.08. The number of carbonyl (C=O) groups excluding carboxylic acids is 1. The van der Waals surface area contributed by atoms with Gasteiger partial charge in [0.25, 0.3) is 0 Å². The van der Waals surface area contributed by atoms with Crippen LogP contribution >= 0.6 is 11.8 Å². The zero-order valence-electron chi connectivity index (χ0n) is 11.0. The second kappa shape index (κ2) is 6.47. The van der Waals surface area contributed by atoms with E-state index < -0.39 is 12.0 Å². The molecule has 108 valence electrons. The Labute approximate surface area is 116 Å². The molecule has 0 aromatic rings. The van der Waals surface area contributed by atoms with E-state index in [1.54, 1.807) is 0 Å². The number of nitrogens with zero attached hydrogens (tertiary/aromatic N) is 1. The first-order valence-corrected chi connectivity index (χ1v) is 7.81. The largest absolute Gasteiger partial charge is 0.480 e. The zero-order valence-corrected chi connectivity index (χ0v) is 11.8. The molecule has 2 fully saturated rings. The fraction of sp³-hybridized carbons (Fsp3) is 0.833. The highest BCUT2D eigenvalue weighted by Crippen LogP contribution is 2.28. The van der Waals surface area contributed by atoms with Crippen LogP contribution in [0.15, 0.2) is 0 Å². The van der Waals surface area contributed by atoms with Crippen molar-refractivity contribution >= 4 is 23.8 Å². The number of aliphatic carboxylic acids is 1. The monoisotopic (exact) mass is 288 g/mol. The highest BCUT2D eigenvalue weighted by Gasteiger charge is 2.34. The number of morpholine rings is 1. The van der Waals surface area contributed by atoms with E-state index in [0.29, 0.717) is 18.4 Å². The molecule has 7 heteroatoms. The van der Waals surface area contributed by atoms with Gasteiger partial charge < -0.3 is 20.1 Å². The van der Waals surface area contributed by atoms with Gasteiger partial charge >= 0.3 is 12.0 Å². The first kappa shape index (κ1) is 14.5. The van der Waals surface area contributed by atoms with Crippen molar-refractivity contribution in [1.29, 1.82) is 0 Å². The maximum atomic E-state index is 12.2. The summed E-state index contributed by atoms with van der Waals surface area (Å²) in [6.07, 6.45) is 5.13. The lowest BCUT2D eigenvalue weighted by molar-refractivity contribution is -0.147. The van der Waals surface area contributed by atoms with Crippen molar-refractivity contribution < 1.29 is 19.4 Å². The number of urea groups is 1. The highest BCUT2D eigenvalue weighted by atomic mass is 32.2. The molecule has 0 aromatic heterocycles. The molecule has 1 heterocycles. The van der Waals surface area contributed by atoms with E-state index in [0.717, 1.165) is 19.3 Å². The van der Waals surface area contributed by atoms with Crippen LogP contribution < -0.4 is 5.32 Å². The molecule has 2 N–H and O–H groups in total. The van der Waals surface area contributed by atoms with E-state index >= 15 is 0 Å². The van der Waals surface area contributed by atoms with Gasteiger partial charge in [-0.25, -0.2) is 9.59 Å². The number of rotatable bonds is 3. The Bertz CT molecular complexity index is 353. The third kappa shape index (κ3) is 3.54.